The Morgan fingerprint density at radius 2 is 1.66 bits per heavy atom. The molecule has 0 unspecified atom stereocenters. The number of pyridine rings is 1. The number of benzene rings is 2. The molecule has 2 aromatic carbocycles. The van der Waals surface area contributed by atoms with Crippen LogP contribution < -0.4 is 5.32 Å². The fraction of sp³-hybridized carbons (Fsp3) is 0.333. The summed E-state index contributed by atoms with van der Waals surface area (Å²) in [7, 11) is 0. The molecule has 2 heterocycles. The molecule has 2 aliphatic rings. The first-order chi connectivity index (χ1) is 13.8. The number of halogens is 1. The lowest BCUT2D eigenvalue weighted by Crippen LogP contribution is -2.43. The molecule has 1 aliphatic heterocycles. The first-order valence-corrected chi connectivity index (χ1v) is 10.3. The van der Waals surface area contributed by atoms with Crippen molar-refractivity contribution in [2.24, 2.45) is 5.92 Å². The Hall–Kier alpha value is -2.59. The molecular weight excluding hydrogens is 382 g/mol. The van der Waals surface area contributed by atoms with Crippen molar-refractivity contribution in [3.63, 3.8) is 0 Å². The molecule has 1 aliphatic carbocycles. The molecule has 1 aromatic heterocycles. The Kier molecular flexibility index (Phi) is 5.72. The van der Waals surface area contributed by atoms with Gasteiger partial charge in [0.15, 0.2) is 0 Å². The zero-order valence-electron chi connectivity index (χ0n) is 16.4. The maximum atomic E-state index is 12.2. The number of piperidine rings is 1. The molecule has 1 N–H and O–H groups in total. The number of rotatable bonds is 4. The second-order valence-electron chi connectivity index (χ2n) is 8.01. The number of nitrogens with one attached hydrogen (secondary N) is 1. The summed E-state index contributed by atoms with van der Waals surface area (Å²) < 4.78 is 0. The summed E-state index contributed by atoms with van der Waals surface area (Å²) in [5.74, 6) is 0.716. The van der Waals surface area contributed by atoms with Gasteiger partial charge in [-0.25, -0.2) is 0 Å². The Labute approximate surface area is 177 Å². The molecule has 1 saturated heterocycles. The second kappa shape index (κ2) is 8.42. The fourth-order valence-electron chi connectivity index (χ4n) is 4.06. The summed E-state index contributed by atoms with van der Waals surface area (Å²) in [5.41, 5.74) is 4.48. The van der Waals surface area contributed by atoms with Crippen molar-refractivity contribution in [2.45, 2.75) is 31.7 Å². The van der Waals surface area contributed by atoms with E-state index in [1.54, 1.807) is 0 Å². The third-order valence-corrected chi connectivity index (χ3v) is 5.91. The lowest BCUT2D eigenvalue weighted by atomic mass is 10.0. The Morgan fingerprint density at radius 3 is 2.38 bits per heavy atom. The van der Waals surface area contributed by atoms with Gasteiger partial charge in [-0.2, -0.15) is 0 Å². The SMILES string of the molecule is Cl.O=C(C1CC1)N1CCC(Nc2ccc(-c3cnc4ccccc4c3)cc2)CC1. The number of fused-ring (bicyclic) bond motifs is 1. The van der Waals surface area contributed by atoms with Crippen LogP contribution >= 0.6 is 12.4 Å². The van der Waals surface area contributed by atoms with Crippen LogP contribution in [0, 0.1) is 5.92 Å². The van der Waals surface area contributed by atoms with Crippen LogP contribution in [0.25, 0.3) is 22.0 Å². The van der Waals surface area contributed by atoms with Gasteiger partial charge >= 0.3 is 0 Å². The Balaban J connectivity index is 0.00000205. The number of nitrogens with zero attached hydrogens (tertiary/aromatic N) is 2. The summed E-state index contributed by atoms with van der Waals surface area (Å²) in [6.45, 7) is 1.77. The lowest BCUT2D eigenvalue weighted by molar-refractivity contribution is -0.133. The van der Waals surface area contributed by atoms with Crippen LogP contribution in [0.5, 0.6) is 0 Å². The van der Waals surface area contributed by atoms with E-state index in [1.165, 1.54) is 5.56 Å². The first-order valence-electron chi connectivity index (χ1n) is 10.3. The summed E-state index contributed by atoms with van der Waals surface area (Å²) in [5, 5.41) is 4.80. The quantitative estimate of drug-likeness (QED) is 0.651. The zero-order chi connectivity index (χ0) is 18.9. The van der Waals surface area contributed by atoms with Crippen molar-refractivity contribution < 1.29 is 4.79 Å². The van der Waals surface area contributed by atoms with E-state index in [9.17, 15) is 4.79 Å². The summed E-state index contributed by atoms with van der Waals surface area (Å²) >= 11 is 0. The van der Waals surface area contributed by atoms with Crippen molar-refractivity contribution in [3.05, 3.63) is 60.8 Å². The highest BCUT2D eigenvalue weighted by Crippen LogP contribution is 2.32. The van der Waals surface area contributed by atoms with E-state index in [0.29, 0.717) is 17.9 Å². The van der Waals surface area contributed by atoms with Gasteiger partial charge in [-0.15, -0.1) is 12.4 Å². The van der Waals surface area contributed by atoms with E-state index in [0.717, 1.165) is 60.9 Å². The smallest absolute Gasteiger partial charge is 0.225 e. The molecule has 0 bridgehead atoms. The molecule has 150 valence electrons. The Morgan fingerprint density at radius 1 is 0.931 bits per heavy atom. The van der Waals surface area contributed by atoms with E-state index in [2.05, 4.69) is 51.6 Å². The zero-order valence-corrected chi connectivity index (χ0v) is 17.2. The molecule has 5 heteroatoms. The predicted octanol–water partition coefficient (Wildman–Crippen LogP) is 5.14. The van der Waals surface area contributed by atoms with Crippen molar-refractivity contribution in [1.29, 1.82) is 0 Å². The highest BCUT2D eigenvalue weighted by atomic mass is 35.5. The minimum absolute atomic E-state index is 0. The van der Waals surface area contributed by atoms with Crippen LogP contribution in [0.15, 0.2) is 60.8 Å². The van der Waals surface area contributed by atoms with Gasteiger partial charge in [-0.1, -0.05) is 30.3 Å². The molecule has 3 aromatic rings. The topological polar surface area (TPSA) is 45.2 Å². The van der Waals surface area contributed by atoms with Crippen LogP contribution in [0.4, 0.5) is 5.69 Å². The van der Waals surface area contributed by atoms with Crippen molar-refractivity contribution >= 4 is 34.9 Å². The molecule has 1 amide bonds. The first kappa shape index (κ1) is 19.7. The molecule has 2 fully saturated rings. The number of aromatic nitrogens is 1. The number of amides is 1. The normalized spacial score (nSPS) is 17.0. The third-order valence-electron chi connectivity index (χ3n) is 5.91. The highest BCUT2D eigenvalue weighted by molar-refractivity contribution is 5.85. The molecule has 0 radical (unpaired) electrons. The number of hydrogen-bond acceptors (Lipinski definition) is 3. The van der Waals surface area contributed by atoms with E-state index in [4.69, 9.17) is 0 Å². The molecule has 29 heavy (non-hydrogen) atoms. The van der Waals surface area contributed by atoms with Gasteiger partial charge in [0.05, 0.1) is 5.52 Å². The maximum absolute atomic E-state index is 12.2. The molecule has 5 rings (SSSR count). The van der Waals surface area contributed by atoms with Crippen LogP contribution in [-0.4, -0.2) is 34.9 Å². The minimum atomic E-state index is 0. The number of carbonyl (C=O) groups is 1. The fourth-order valence-corrected chi connectivity index (χ4v) is 4.06. The van der Waals surface area contributed by atoms with Gasteiger partial charge in [0.2, 0.25) is 5.91 Å². The summed E-state index contributed by atoms with van der Waals surface area (Å²) in [6, 6.07) is 19.4. The van der Waals surface area contributed by atoms with Crippen LogP contribution in [-0.2, 0) is 4.79 Å². The van der Waals surface area contributed by atoms with Crippen LogP contribution in [0.2, 0.25) is 0 Å². The summed E-state index contributed by atoms with van der Waals surface area (Å²) in [6.07, 6.45) is 6.17. The largest absolute Gasteiger partial charge is 0.382 e. The van der Waals surface area contributed by atoms with Crippen molar-refractivity contribution in [1.82, 2.24) is 9.88 Å². The van der Waals surface area contributed by atoms with Gasteiger partial charge in [-0.3, -0.25) is 9.78 Å². The standard InChI is InChI=1S/C24H25N3O.ClH/c28-24(18-5-6-18)27-13-11-22(12-14-27)26-21-9-7-17(8-10-21)20-15-19-3-1-2-4-23(19)25-16-20;/h1-4,7-10,15-16,18,22,26H,5-6,11-14H2;1H. The number of para-hydroxylation sites is 1. The average Bonchev–Trinajstić information content (AvgIpc) is 3.59. The maximum Gasteiger partial charge on any atom is 0.225 e. The predicted molar refractivity (Wildman–Crippen MR) is 120 cm³/mol. The minimum Gasteiger partial charge on any atom is -0.382 e. The molecule has 0 spiro atoms. The number of likely N-dealkylation sites (tertiary alicyclic amines) is 1. The average molecular weight is 408 g/mol. The Bertz CT molecular complexity index is 992. The number of carbonyl (C=O) groups excluding carboxylic acids is 1. The lowest BCUT2D eigenvalue weighted by Gasteiger charge is -2.33. The highest BCUT2D eigenvalue weighted by Gasteiger charge is 2.34. The molecular formula is C24H26ClN3O. The number of hydrogen-bond donors (Lipinski definition) is 1. The molecule has 4 nitrogen and oxygen atoms in total. The van der Waals surface area contributed by atoms with E-state index < -0.39 is 0 Å². The third kappa shape index (κ3) is 4.38. The number of anilines is 1. The summed E-state index contributed by atoms with van der Waals surface area (Å²) in [4.78, 5) is 18.8. The van der Waals surface area contributed by atoms with E-state index >= 15 is 0 Å². The van der Waals surface area contributed by atoms with Crippen molar-refractivity contribution in [3.8, 4) is 11.1 Å². The van der Waals surface area contributed by atoms with Crippen LogP contribution in [0.3, 0.4) is 0 Å². The van der Waals surface area contributed by atoms with Gasteiger partial charge in [0, 0.05) is 47.9 Å². The monoisotopic (exact) mass is 407 g/mol. The van der Waals surface area contributed by atoms with Crippen LogP contribution in [0.1, 0.15) is 25.7 Å². The van der Waals surface area contributed by atoms with E-state index in [-0.39, 0.29) is 12.4 Å². The molecule has 1 saturated carbocycles. The molecule has 0 atom stereocenters. The van der Waals surface area contributed by atoms with Gasteiger partial charge in [0.25, 0.3) is 0 Å². The van der Waals surface area contributed by atoms with E-state index in [1.807, 2.05) is 24.4 Å². The van der Waals surface area contributed by atoms with Crippen molar-refractivity contribution in [2.75, 3.05) is 18.4 Å². The van der Waals surface area contributed by atoms with Gasteiger partial charge in [0.1, 0.15) is 0 Å². The van der Waals surface area contributed by atoms with Gasteiger partial charge in [-0.05, 0) is 55.5 Å². The van der Waals surface area contributed by atoms with Gasteiger partial charge < -0.3 is 10.2 Å². The second-order valence-corrected chi connectivity index (χ2v) is 8.01.